The van der Waals surface area contributed by atoms with Crippen LogP contribution < -0.4 is 5.32 Å². The molecular formula is C20H17ClN2O2S. The Morgan fingerprint density at radius 3 is 2.73 bits per heavy atom. The van der Waals surface area contributed by atoms with Crippen molar-refractivity contribution in [3.63, 3.8) is 0 Å². The molecule has 0 bridgehead atoms. The van der Waals surface area contributed by atoms with E-state index in [1.807, 2.05) is 43.3 Å². The molecule has 4 rings (SSSR count). The van der Waals surface area contributed by atoms with E-state index in [0.717, 1.165) is 21.7 Å². The Morgan fingerprint density at radius 2 is 1.96 bits per heavy atom. The molecule has 2 atom stereocenters. The quantitative estimate of drug-likeness (QED) is 0.712. The van der Waals surface area contributed by atoms with Gasteiger partial charge in [-0.1, -0.05) is 48.0 Å². The summed E-state index contributed by atoms with van der Waals surface area (Å²) in [6, 6.07) is 14.8. The zero-order chi connectivity index (χ0) is 18.3. The van der Waals surface area contributed by atoms with Crippen LogP contribution in [0.4, 0.5) is 0 Å². The number of fused-ring (bicyclic) bond motifs is 1. The highest BCUT2D eigenvalue weighted by Crippen LogP contribution is 2.33. The molecule has 2 N–H and O–H groups in total. The molecule has 0 radical (unpaired) electrons. The predicted octanol–water partition coefficient (Wildman–Crippen LogP) is 4.16. The molecule has 1 heterocycles. The number of thiazole rings is 1. The van der Waals surface area contributed by atoms with E-state index in [4.69, 9.17) is 11.6 Å². The van der Waals surface area contributed by atoms with Crippen LogP contribution >= 0.6 is 22.9 Å². The first-order valence-electron chi connectivity index (χ1n) is 8.33. The first-order chi connectivity index (χ1) is 12.5. The van der Waals surface area contributed by atoms with Gasteiger partial charge in [-0.15, -0.1) is 11.3 Å². The lowest BCUT2D eigenvalue weighted by Gasteiger charge is -2.17. The number of aryl methyl sites for hydroxylation is 1. The lowest BCUT2D eigenvalue weighted by atomic mass is 10.1. The van der Waals surface area contributed by atoms with E-state index in [9.17, 15) is 9.90 Å². The minimum absolute atomic E-state index is 0.207. The van der Waals surface area contributed by atoms with E-state index in [-0.39, 0.29) is 11.9 Å². The Balaban J connectivity index is 1.58. The van der Waals surface area contributed by atoms with Crippen molar-refractivity contribution in [2.24, 2.45) is 0 Å². The fraction of sp³-hybridized carbons (Fsp3) is 0.200. The second-order valence-corrected chi connectivity index (χ2v) is 7.80. The normalized spacial score (nSPS) is 18.6. The number of hydrogen-bond acceptors (Lipinski definition) is 4. The maximum Gasteiger partial charge on any atom is 0.263 e. The fourth-order valence-corrected chi connectivity index (χ4v) is 4.38. The van der Waals surface area contributed by atoms with Crippen molar-refractivity contribution in [3.8, 4) is 10.6 Å². The first kappa shape index (κ1) is 17.2. The van der Waals surface area contributed by atoms with Gasteiger partial charge in [-0.05, 0) is 30.2 Å². The molecule has 2 aromatic carbocycles. The second kappa shape index (κ2) is 6.83. The minimum Gasteiger partial charge on any atom is -0.390 e. The molecule has 3 aromatic rings. The number of amides is 1. The first-order valence-corrected chi connectivity index (χ1v) is 9.52. The average Bonchev–Trinajstić information content (AvgIpc) is 3.16. The second-order valence-electron chi connectivity index (χ2n) is 6.36. The fourth-order valence-electron chi connectivity index (χ4n) is 3.28. The highest BCUT2D eigenvalue weighted by atomic mass is 35.5. The lowest BCUT2D eigenvalue weighted by Crippen LogP contribution is -2.33. The monoisotopic (exact) mass is 384 g/mol. The van der Waals surface area contributed by atoms with E-state index in [1.54, 1.807) is 12.1 Å². The van der Waals surface area contributed by atoms with Crippen molar-refractivity contribution in [3.05, 3.63) is 75.3 Å². The maximum absolute atomic E-state index is 12.8. The molecule has 1 aromatic heterocycles. The summed E-state index contributed by atoms with van der Waals surface area (Å²) in [5.41, 5.74) is 3.66. The zero-order valence-corrected chi connectivity index (χ0v) is 15.6. The van der Waals surface area contributed by atoms with Gasteiger partial charge in [0.25, 0.3) is 5.91 Å². The number of carbonyl (C=O) groups excluding carboxylic acids is 1. The minimum atomic E-state index is -0.611. The standard InChI is InChI=1S/C20H17ClN2O2S/c1-11-18(26-20(22-11)12-6-8-14(21)9-7-12)19(25)23-17-15-5-3-2-4-13(15)10-16(17)24/h2-9,16-17,24H,10H2,1H3,(H,23,25)/t16-,17+/m1/s1. The summed E-state index contributed by atoms with van der Waals surface area (Å²) >= 11 is 7.28. The summed E-state index contributed by atoms with van der Waals surface area (Å²) in [5.74, 6) is -0.207. The van der Waals surface area contributed by atoms with Gasteiger partial charge in [0.15, 0.2) is 0 Å². The van der Waals surface area contributed by atoms with Gasteiger partial charge in [-0.2, -0.15) is 0 Å². The maximum atomic E-state index is 12.8. The number of carbonyl (C=O) groups is 1. The molecule has 0 saturated heterocycles. The summed E-state index contributed by atoms with van der Waals surface area (Å²) in [5, 5.41) is 14.8. The van der Waals surface area contributed by atoms with E-state index in [1.165, 1.54) is 11.3 Å². The van der Waals surface area contributed by atoms with Crippen molar-refractivity contribution in [2.75, 3.05) is 0 Å². The number of hydrogen-bond donors (Lipinski definition) is 2. The number of nitrogens with one attached hydrogen (secondary N) is 1. The molecule has 0 spiro atoms. The van der Waals surface area contributed by atoms with Crippen molar-refractivity contribution < 1.29 is 9.90 Å². The van der Waals surface area contributed by atoms with Gasteiger partial charge < -0.3 is 10.4 Å². The number of aliphatic hydroxyl groups is 1. The van der Waals surface area contributed by atoms with Crippen LogP contribution in [-0.2, 0) is 6.42 Å². The van der Waals surface area contributed by atoms with E-state index in [0.29, 0.717) is 22.0 Å². The van der Waals surface area contributed by atoms with Crippen LogP contribution in [-0.4, -0.2) is 22.1 Å². The molecule has 26 heavy (non-hydrogen) atoms. The summed E-state index contributed by atoms with van der Waals surface area (Å²) in [6.07, 6.45) is -0.0564. The molecule has 1 aliphatic rings. The summed E-state index contributed by atoms with van der Waals surface area (Å²) < 4.78 is 0. The molecule has 1 aliphatic carbocycles. The molecule has 0 aliphatic heterocycles. The lowest BCUT2D eigenvalue weighted by molar-refractivity contribution is 0.0861. The molecule has 4 nitrogen and oxygen atoms in total. The predicted molar refractivity (Wildman–Crippen MR) is 104 cm³/mol. The van der Waals surface area contributed by atoms with Crippen molar-refractivity contribution in [1.82, 2.24) is 10.3 Å². The number of rotatable bonds is 3. The van der Waals surface area contributed by atoms with Crippen molar-refractivity contribution in [2.45, 2.75) is 25.5 Å². The van der Waals surface area contributed by atoms with Crippen LogP contribution in [0, 0.1) is 6.92 Å². The largest absolute Gasteiger partial charge is 0.390 e. The van der Waals surface area contributed by atoms with Gasteiger partial charge in [-0.25, -0.2) is 4.98 Å². The molecule has 1 amide bonds. The van der Waals surface area contributed by atoms with Gasteiger partial charge in [0.05, 0.1) is 17.8 Å². The molecular weight excluding hydrogens is 368 g/mol. The summed E-state index contributed by atoms with van der Waals surface area (Å²) in [4.78, 5) is 17.9. The molecule has 0 unspecified atom stereocenters. The SMILES string of the molecule is Cc1nc(-c2ccc(Cl)cc2)sc1C(=O)N[C@H]1c2ccccc2C[C@H]1O. The number of benzene rings is 2. The van der Waals surface area contributed by atoms with Gasteiger partial charge >= 0.3 is 0 Å². The third-order valence-electron chi connectivity index (χ3n) is 4.58. The van der Waals surface area contributed by atoms with Crippen molar-refractivity contribution >= 4 is 28.8 Å². The van der Waals surface area contributed by atoms with Crippen LogP contribution in [0.2, 0.25) is 5.02 Å². The molecule has 132 valence electrons. The Labute approximate surface area is 160 Å². The Kier molecular flexibility index (Phi) is 4.53. The third kappa shape index (κ3) is 3.14. The van der Waals surface area contributed by atoms with Crippen LogP contribution in [0.5, 0.6) is 0 Å². The van der Waals surface area contributed by atoms with Crippen LogP contribution in [0.15, 0.2) is 48.5 Å². The number of aromatic nitrogens is 1. The zero-order valence-electron chi connectivity index (χ0n) is 14.1. The molecule has 0 saturated carbocycles. The van der Waals surface area contributed by atoms with Crippen LogP contribution in [0.1, 0.15) is 32.5 Å². The Hall–Kier alpha value is -2.21. The van der Waals surface area contributed by atoms with Crippen LogP contribution in [0.3, 0.4) is 0 Å². The summed E-state index contributed by atoms with van der Waals surface area (Å²) in [7, 11) is 0. The smallest absolute Gasteiger partial charge is 0.263 e. The third-order valence-corrected chi connectivity index (χ3v) is 6.04. The van der Waals surface area contributed by atoms with Gasteiger partial charge in [0.2, 0.25) is 0 Å². The molecule has 6 heteroatoms. The van der Waals surface area contributed by atoms with Crippen LogP contribution in [0.25, 0.3) is 10.6 Å². The van der Waals surface area contributed by atoms with Gasteiger partial charge in [0.1, 0.15) is 9.88 Å². The Morgan fingerprint density at radius 1 is 1.23 bits per heavy atom. The van der Waals surface area contributed by atoms with Crippen molar-refractivity contribution in [1.29, 1.82) is 0 Å². The number of aliphatic hydroxyl groups excluding tert-OH is 1. The molecule has 0 fully saturated rings. The summed E-state index contributed by atoms with van der Waals surface area (Å²) in [6.45, 7) is 1.82. The van der Waals surface area contributed by atoms with E-state index in [2.05, 4.69) is 10.3 Å². The van der Waals surface area contributed by atoms with E-state index < -0.39 is 6.10 Å². The number of halogens is 1. The van der Waals surface area contributed by atoms with Gasteiger partial charge in [0, 0.05) is 17.0 Å². The number of nitrogens with zero attached hydrogens (tertiary/aromatic N) is 1. The average molecular weight is 385 g/mol. The highest BCUT2D eigenvalue weighted by Gasteiger charge is 2.32. The Bertz CT molecular complexity index is 968. The topological polar surface area (TPSA) is 62.2 Å². The van der Waals surface area contributed by atoms with Gasteiger partial charge in [-0.3, -0.25) is 4.79 Å². The van der Waals surface area contributed by atoms with E-state index >= 15 is 0 Å². The highest BCUT2D eigenvalue weighted by molar-refractivity contribution is 7.17.